The lowest BCUT2D eigenvalue weighted by atomic mass is 10.1. The Balaban J connectivity index is 2.58. The van der Waals surface area contributed by atoms with Gasteiger partial charge >= 0.3 is 5.97 Å². The zero-order valence-electron chi connectivity index (χ0n) is 9.62. The summed E-state index contributed by atoms with van der Waals surface area (Å²) in [7, 11) is 0. The van der Waals surface area contributed by atoms with Crippen molar-refractivity contribution in [2.24, 2.45) is 5.92 Å². The maximum atomic E-state index is 11.7. The highest BCUT2D eigenvalue weighted by molar-refractivity contribution is 5.90. The zero-order chi connectivity index (χ0) is 11.3. The molecule has 0 amide bonds. The first-order valence-electron chi connectivity index (χ1n) is 5.38. The number of benzene rings is 1. The zero-order valence-corrected chi connectivity index (χ0v) is 9.62. The van der Waals surface area contributed by atoms with Gasteiger partial charge in [0.15, 0.2) is 0 Å². The first kappa shape index (κ1) is 11.8. The Morgan fingerprint density at radius 1 is 1.40 bits per heavy atom. The number of carbonyl (C=O) groups is 1. The molecule has 0 saturated heterocycles. The molecule has 1 rings (SSSR count). The van der Waals surface area contributed by atoms with Crippen molar-refractivity contribution in [2.45, 2.75) is 27.2 Å². The summed E-state index contributed by atoms with van der Waals surface area (Å²) in [4.78, 5) is 11.7. The third-order valence-corrected chi connectivity index (χ3v) is 2.56. The Bertz CT molecular complexity index is 331. The topological polar surface area (TPSA) is 26.3 Å². The second kappa shape index (κ2) is 5.54. The number of esters is 1. The minimum absolute atomic E-state index is 0.214. The first-order chi connectivity index (χ1) is 7.15. The van der Waals surface area contributed by atoms with E-state index in [0.29, 0.717) is 18.1 Å². The molecule has 0 heterocycles. The van der Waals surface area contributed by atoms with Crippen molar-refractivity contribution in [2.75, 3.05) is 6.61 Å². The number of hydrogen-bond donors (Lipinski definition) is 0. The number of carbonyl (C=O) groups excluding carboxylic acids is 1. The molecule has 0 fully saturated rings. The van der Waals surface area contributed by atoms with Gasteiger partial charge in [0.05, 0.1) is 12.2 Å². The minimum Gasteiger partial charge on any atom is -0.462 e. The lowest BCUT2D eigenvalue weighted by molar-refractivity contribution is 0.0446. The van der Waals surface area contributed by atoms with Crippen LogP contribution in [0.2, 0.25) is 0 Å². The molecular weight excluding hydrogens is 188 g/mol. The monoisotopic (exact) mass is 206 g/mol. The summed E-state index contributed by atoms with van der Waals surface area (Å²) in [5.41, 5.74) is 1.63. The van der Waals surface area contributed by atoms with Gasteiger partial charge in [-0.2, -0.15) is 0 Å². The Morgan fingerprint density at radius 3 is 2.67 bits per heavy atom. The van der Waals surface area contributed by atoms with E-state index in [-0.39, 0.29) is 5.97 Å². The molecular formula is C13H18O2. The van der Waals surface area contributed by atoms with E-state index in [1.165, 1.54) is 0 Å². The standard InChI is InChI=1S/C13H18O2/c1-4-10(2)9-15-13(14)12-8-6-5-7-11(12)3/h5-8,10H,4,9H2,1-3H3. The smallest absolute Gasteiger partial charge is 0.338 e. The normalized spacial score (nSPS) is 12.2. The number of aryl methyl sites for hydroxylation is 1. The average Bonchev–Trinajstić information content (AvgIpc) is 2.26. The van der Waals surface area contributed by atoms with E-state index in [9.17, 15) is 4.79 Å². The summed E-state index contributed by atoms with van der Waals surface area (Å²) in [6.07, 6.45) is 1.03. The molecule has 1 aromatic carbocycles. The van der Waals surface area contributed by atoms with Crippen LogP contribution in [0, 0.1) is 12.8 Å². The van der Waals surface area contributed by atoms with Crippen LogP contribution >= 0.6 is 0 Å². The Kier molecular flexibility index (Phi) is 4.35. The minimum atomic E-state index is -0.214. The molecule has 0 aliphatic rings. The van der Waals surface area contributed by atoms with Crippen molar-refractivity contribution in [1.29, 1.82) is 0 Å². The van der Waals surface area contributed by atoms with Gasteiger partial charge in [0.1, 0.15) is 0 Å². The Morgan fingerprint density at radius 2 is 2.07 bits per heavy atom. The van der Waals surface area contributed by atoms with E-state index in [0.717, 1.165) is 12.0 Å². The summed E-state index contributed by atoms with van der Waals surface area (Å²) in [6, 6.07) is 7.49. The summed E-state index contributed by atoms with van der Waals surface area (Å²) < 4.78 is 5.22. The van der Waals surface area contributed by atoms with Gasteiger partial charge in [0.2, 0.25) is 0 Å². The van der Waals surface area contributed by atoms with Gasteiger partial charge in [-0.05, 0) is 24.5 Å². The number of hydrogen-bond acceptors (Lipinski definition) is 2. The maximum Gasteiger partial charge on any atom is 0.338 e. The molecule has 0 aromatic heterocycles. The predicted molar refractivity (Wildman–Crippen MR) is 60.9 cm³/mol. The molecule has 2 heteroatoms. The van der Waals surface area contributed by atoms with Crippen LogP contribution in [-0.4, -0.2) is 12.6 Å². The van der Waals surface area contributed by atoms with E-state index in [2.05, 4.69) is 13.8 Å². The fourth-order valence-electron chi connectivity index (χ4n) is 1.22. The quantitative estimate of drug-likeness (QED) is 0.707. The fourth-order valence-corrected chi connectivity index (χ4v) is 1.22. The van der Waals surface area contributed by atoms with Gasteiger partial charge in [-0.15, -0.1) is 0 Å². The Hall–Kier alpha value is -1.31. The van der Waals surface area contributed by atoms with Crippen LogP contribution in [0.1, 0.15) is 36.2 Å². The second-order valence-electron chi connectivity index (χ2n) is 3.93. The van der Waals surface area contributed by atoms with E-state index < -0.39 is 0 Å². The molecule has 1 aromatic rings. The predicted octanol–water partition coefficient (Wildman–Crippen LogP) is 3.20. The van der Waals surface area contributed by atoms with Gasteiger partial charge in [0.25, 0.3) is 0 Å². The first-order valence-corrected chi connectivity index (χ1v) is 5.38. The molecule has 0 spiro atoms. The molecule has 2 nitrogen and oxygen atoms in total. The van der Waals surface area contributed by atoms with E-state index in [1.807, 2.05) is 25.1 Å². The summed E-state index contributed by atoms with van der Waals surface area (Å²) >= 11 is 0. The van der Waals surface area contributed by atoms with Crippen LogP contribution in [0.3, 0.4) is 0 Å². The fraction of sp³-hybridized carbons (Fsp3) is 0.462. The van der Waals surface area contributed by atoms with Crippen LogP contribution in [-0.2, 0) is 4.74 Å². The third-order valence-electron chi connectivity index (χ3n) is 2.56. The highest BCUT2D eigenvalue weighted by Crippen LogP contribution is 2.10. The van der Waals surface area contributed by atoms with E-state index in [1.54, 1.807) is 6.07 Å². The molecule has 1 atom stereocenters. The molecule has 82 valence electrons. The number of rotatable bonds is 4. The highest BCUT2D eigenvalue weighted by atomic mass is 16.5. The molecule has 0 N–H and O–H groups in total. The summed E-state index contributed by atoms with van der Waals surface area (Å²) in [5, 5.41) is 0. The molecule has 15 heavy (non-hydrogen) atoms. The van der Waals surface area contributed by atoms with Gasteiger partial charge in [-0.1, -0.05) is 38.5 Å². The van der Waals surface area contributed by atoms with Crippen LogP contribution in [0.4, 0.5) is 0 Å². The van der Waals surface area contributed by atoms with E-state index >= 15 is 0 Å². The van der Waals surface area contributed by atoms with Crippen molar-refractivity contribution in [3.63, 3.8) is 0 Å². The highest BCUT2D eigenvalue weighted by Gasteiger charge is 2.10. The van der Waals surface area contributed by atoms with Crippen LogP contribution < -0.4 is 0 Å². The second-order valence-corrected chi connectivity index (χ2v) is 3.93. The van der Waals surface area contributed by atoms with Crippen molar-refractivity contribution in [3.05, 3.63) is 35.4 Å². The van der Waals surface area contributed by atoms with Crippen LogP contribution in [0.25, 0.3) is 0 Å². The molecule has 0 aliphatic heterocycles. The van der Waals surface area contributed by atoms with Gasteiger partial charge in [-0.25, -0.2) is 4.79 Å². The van der Waals surface area contributed by atoms with Gasteiger partial charge in [-0.3, -0.25) is 0 Å². The van der Waals surface area contributed by atoms with Crippen molar-refractivity contribution in [1.82, 2.24) is 0 Å². The SMILES string of the molecule is CCC(C)COC(=O)c1ccccc1C. The molecule has 1 unspecified atom stereocenters. The summed E-state index contributed by atoms with van der Waals surface area (Å²) in [6.45, 7) is 6.58. The largest absolute Gasteiger partial charge is 0.462 e. The lowest BCUT2D eigenvalue weighted by Crippen LogP contribution is -2.12. The average molecular weight is 206 g/mol. The van der Waals surface area contributed by atoms with Crippen molar-refractivity contribution >= 4 is 5.97 Å². The van der Waals surface area contributed by atoms with Gasteiger partial charge < -0.3 is 4.74 Å². The third kappa shape index (κ3) is 3.39. The van der Waals surface area contributed by atoms with Crippen LogP contribution in [0.5, 0.6) is 0 Å². The van der Waals surface area contributed by atoms with Crippen molar-refractivity contribution in [3.8, 4) is 0 Å². The lowest BCUT2D eigenvalue weighted by Gasteiger charge is -2.10. The van der Waals surface area contributed by atoms with Crippen LogP contribution in [0.15, 0.2) is 24.3 Å². The molecule has 0 radical (unpaired) electrons. The summed E-state index contributed by atoms with van der Waals surface area (Å²) in [5.74, 6) is 0.214. The molecule has 0 saturated carbocycles. The Labute approximate surface area is 91.3 Å². The molecule has 0 bridgehead atoms. The molecule has 0 aliphatic carbocycles. The van der Waals surface area contributed by atoms with Crippen molar-refractivity contribution < 1.29 is 9.53 Å². The van der Waals surface area contributed by atoms with Gasteiger partial charge in [0, 0.05) is 0 Å². The number of ether oxygens (including phenoxy) is 1. The van der Waals surface area contributed by atoms with E-state index in [4.69, 9.17) is 4.74 Å². The maximum absolute atomic E-state index is 11.7.